The first-order valence-corrected chi connectivity index (χ1v) is 11.0. The highest BCUT2D eigenvalue weighted by Gasteiger charge is 2.19. The number of carbonyl (C=O) groups is 2. The van der Waals surface area contributed by atoms with Crippen molar-refractivity contribution in [2.75, 3.05) is 58.4 Å². The summed E-state index contributed by atoms with van der Waals surface area (Å²) in [5, 5.41) is 8.64. The molecule has 0 aliphatic rings. The second-order valence-electron chi connectivity index (χ2n) is 8.21. The van der Waals surface area contributed by atoms with E-state index < -0.39 is 0 Å². The minimum atomic E-state index is -0.357. The number of nitrogens with one attached hydrogen (secondary N) is 3. The molecule has 0 saturated carbocycles. The van der Waals surface area contributed by atoms with Crippen molar-refractivity contribution in [2.45, 2.75) is 19.3 Å². The Hall–Kier alpha value is -2.91. The molecule has 0 aliphatic heterocycles. The number of carbonyl (C=O) groups excluding carboxylic acids is 2. The topological polar surface area (TPSA) is 122 Å². The van der Waals surface area contributed by atoms with Gasteiger partial charge in [0, 0.05) is 13.6 Å². The van der Waals surface area contributed by atoms with Crippen LogP contribution in [-0.4, -0.2) is 73.6 Å². The van der Waals surface area contributed by atoms with Crippen LogP contribution in [0.4, 0.5) is 11.6 Å². The van der Waals surface area contributed by atoms with Crippen LogP contribution in [0.2, 0.25) is 5.15 Å². The fourth-order valence-electron chi connectivity index (χ4n) is 3.16. The van der Waals surface area contributed by atoms with Crippen molar-refractivity contribution in [1.82, 2.24) is 20.6 Å². The summed E-state index contributed by atoms with van der Waals surface area (Å²) in [6, 6.07) is 9.71. The third kappa shape index (κ3) is 8.32. The van der Waals surface area contributed by atoms with Crippen LogP contribution in [0.25, 0.3) is 0 Å². The average molecular weight is 463 g/mol. The first-order chi connectivity index (χ1) is 15.2. The van der Waals surface area contributed by atoms with Crippen molar-refractivity contribution in [1.29, 1.82) is 0 Å². The summed E-state index contributed by atoms with van der Waals surface area (Å²) in [5.74, 6) is 0.0402. The van der Waals surface area contributed by atoms with Crippen molar-refractivity contribution in [2.24, 2.45) is 0 Å². The third-order valence-corrected chi connectivity index (χ3v) is 5.33. The number of nitrogen functional groups attached to an aromatic ring is 1. The smallest absolute Gasteiger partial charge is 0.274 e. The van der Waals surface area contributed by atoms with Crippen LogP contribution in [0.1, 0.15) is 28.9 Å². The Morgan fingerprint density at radius 2 is 1.75 bits per heavy atom. The molecule has 1 heterocycles. The molecule has 1 aromatic carbocycles. The van der Waals surface area contributed by atoms with Crippen molar-refractivity contribution in [3.8, 4) is 0 Å². The van der Waals surface area contributed by atoms with Crippen LogP contribution in [0, 0.1) is 0 Å². The molecular weight excluding hydrogens is 430 g/mol. The van der Waals surface area contributed by atoms with Gasteiger partial charge in [-0.25, -0.2) is 9.97 Å². The lowest BCUT2D eigenvalue weighted by Crippen LogP contribution is -2.46. The van der Waals surface area contributed by atoms with Crippen LogP contribution in [-0.2, 0) is 11.2 Å². The maximum Gasteiger partial charge on any atom is 0.274 e. The summed E-state index contributed by atoms with van der Waals surface area (Å²) < 4.78 is 0.741. The summed E-state index contributed by atoms with van der Waals surface area (Å²) >= 11 is 5.90. The van der Waals surface area contributed by atoms with Gasteiger partial charge in [-0.2, -0.15) is 0 Å². The number of rotatable bonds is 12. The van der Waals surface area contributed by atoms with E-state index in [2.05, 4.69) is 40.0 Å². The lowest BCUT2D eigenvalue weighted by Gasteiger charge is -2.30. The molecule has 1 aromatic heterocycles. The van der Waals surface area contributed by atoms with Crippen LogP contribution < -0.4 is 21.7 Å². The molecule has 0 spiro atoms. The van der Waals surface area contributed by atoms with E-state index >= 15 is 0 Å². The molecule has 174 valence electrons. The Bertz CT molecular complexity index is 907. The van der Waals surface area contributed by atoms with Crippen molar-refractivity contribution in [3.63, 3.8) is 0 Å². The molecule has 2 rings (SSSR count). The largest absolute Gasteiger partial charge is 0.381 e. The van der Waals surface area contributed by atoms with Gasteiger partial charge in [-0.05, 0) is 18.4 Å². The fraction of sp³-hybridized carbons (Fsp3) is 0.455. The van der Waals surface area contributed by atoms with Gasteiger partial charge < -0.3 is 26.2 Å². The summed E-state index contributed by atoms with van der Waals surface area (Å²) in [7, 11) is 5.86. The number of unbranched alkanes of at least 4 members (excludes halogenated alkanes) is 1. The van der Waals surface area contributed by atoms with Gasteiger partial charge in [0.1, 0.15) is 0 Å². The first-order valence-electron chi connectivity index (χ1n) is 10.6. The first kappa shape index (κ1) is 25.4. The number of quaternary nitrogens is 1. The Balaban J connectivity index is 1.66. The van der Waals surface area contributed by atoms with Gasteiger partial charge in [0.2, 0.25) is 5.91 Å². The SMILES string of the molecule is CNc1nc(N)c(Cl)nc1C(=O)NCC[N+](C)(C)CCCCNC(=O)Cc1ccccc1. The molecule has 0 aliphatic carbocycles. The summed E-state index contributed by atoms with van der Waals surface area (Å²) in [4.78, 5) is 32.5. The number of nitrogens with two attached hydrogens (primary N) is 1. The van der Waals surface area contributed by atoms with Crippen molar-refractivity contribution in [3.05, 3.63) is 46.7 Å². The zero-order chi connectivity index (χ0) is 23.6. The van der Waals surface area contributed by atoms with E-state index in [-0.39, 0.29) is 34.3 Å². The van der Waals surface area contributed by atoms with Gasteiger partial charge in [-0.1, -0.05) is 41.9 Å². The number of aromatic nitrogens is 2. The standard InChI is InChI=1S/C22H32ClN7O2/c1-25-21-18(28-19(23)20(24)29-21)22(32)27-12-14-30(2,3)13-8-7-11-26-17(31)15-16-9-5-4-6-10-16/h4-6,9-10H,7-8,11-15H2,1-3H3,(H4-,24,25,26,27,29,31,32)/p+1. The van der Waals surface area contributed by atoms with E-state index in [0.717, 1.165) is 36.0 Å². The molecule has 2 aromatic rings. The van der Waals surface area contributed by atoms with E-state index in [1.165, 1.54) is 0 Å². The van der Waals surface area contributed by atoms with E-state index in [4.69, 9.17) is 17.3 Å². The van der Waals surface area contributed by atoms with Gasteiger partial charge in [-0.15, -0.1) is 0 Å². The Labute approximate surface area is 194 Å². The zero-order valence-electron chi connectivity index (χ0n) is 18.9. The highest BCUT2D eigenvalue weighted by atomic mass is 35.5. The lowest BCUT2D eigenvalue weighted by atomic mass is 10.1. The Morgan fingerprint density at radius 3 is 2.44 bits per heavy atom. The molecule has 0 radical (unpaired) electrons. The monoisotopic (exact) mass is 462 g/mol. The average Bonchev–Trinajstić information content (AvgIpc) is 2.75. The highest BCUT2D eigenvalue weighted by Crippen LogP contribution is 2.19. The second kappa shape index (κ2) is 12.2. The number of benzene rings is 1. The number of hydrogen-bond acceptors (Lipinski definition) is 6. The van der Waals surface area contributed by atoms with Gasteiger partial charge in [0.25, 0.3) is 5.91 Å². The molecule has 0 unspecified atom stereocenters. The number of anilines is 2. The molecule has 10 heteroatoms. The third-order valence-electron chi connectivity index (χ3n) is 5.05. The highest BCUT2D eigenvalue weighted by molar-refractivity contribution is 6.31. The maximum absolute atomic E-state index is 12.5. The van der Waals surface area contributed by atoms with Gasteiger partial charge >= 0.3 is 0 Å². The number of likely N-dealkylation sites (N-methyl/N-ethyl adjacent to an activating group) is 1. The predicted molar refractivity (Wildman–Crippen MR) is 128 cm³/mol. The molecular formula is C22H33ClN7O2+. The Kier molecular flexibility index (Phi) is 9.67. The normalized spacial score (nSPS) is 11.1. The molecule has 0 bridgehead atoms. The summed E-state index contributed by atoms with van der Waals surface area (Å²) in [6.07, 6.45) is 2.27. The Morgan fingerprint density at radius 1 is 1.03 bits per heavy atom. The minimum absolute atomic E-state index is 0.00104. The lowest BCUT2D eigenvalue weighted by molar-refractivity contribution is -0.889. The predicted octanol–water partition coefficient (Wildman–Crippen LogP) is 1.70. The van der Waals surface area contributed by atoms with Crippen LogP contribution in [0.15, 0.2) is 30.3 Å². The quantitative estimate of drug-likeness (QED) is 0.281. The molecule has 5 N–H and O–H groups in total. The van der Waals surface area contributed by atoms with Gasteiger partial charge in [0.05, 0.1) is 40.2 Å². The van der Waals surface area contributed by atoms with Gasteiger partial charge in [-0.3, -0.25) is 9.59 Å². The van der Waals surface area contributed by atoms with Crippen molar-refractivity contribution >= 4 is 35.1 Å². The van der Waals surface area contributed by atoms with E-state index in [1.54, 1.807) is 7.05 Å². The van der Waals surface area contributed by atoms with E-state index in [0.29, 0.717) is 19.5 Å². The van der Waals surface area contributed by atoms with Crippen LogP contribution in [0.3, 0.4) is 0 Å². The minimum Gasteiger partial charge on any atom is -0.381 e. The van der Waals surface area contributed by atoms with Crippen LogP contribution >= 0.6 is 11.6 Å². The van der Waals surface area contributed by atoms with Gasteiger partial charge in [0.15, 0.2) is 22.5 Å². The molecule has 2 amide bonds. The number of hydrogen-bond donors (Lipinski definition) is 4. The van der Waals surface area contributed by atoms with E-state index in [1.807, 2.05) is 30.3 Å². The molecule has 32 heavy (non-hydrogen) atoms. The zero-order valence-corrected chi connectivity index (χ0v) is 19.7. The summed E-state index contributed by atoms with van der Waals surface area (Å²) in [5.41, 5.74) is 6.77. The molecule has 9 nitrogen and oxygen atoms in total. The number of nitrogens with zero attached hydrogens (tertiary/aromatic N) is 3. The number of halogens is 1. The molecule has 0 atom stereocenters. The van der Waals surface area contributed by atoms with E-state index in [9.17, 15) is 9.59 Å². The van der Waals surface area contributed by atoms with Crippen LogP contribution in [0.5, 0.6) is 0 Å². The maximum atomic E-state index is 12.5. The van der Waals surface area contributed by atoms with Crippen molar-refractivity contribution < 1.29 is 14.1 Å². The molecule has 0 saturated heterocycles. The number of amides is 2. The fourth-order valence-corrected chi connectivity index (χ4v) is 3.29. The second-order valence-corrected chi connectivity index (χ2v) is 8.56. The summed E-state index contributed by atoms with van der Waals surface area (Å²) in [6.45, 7) is 2.81. The molecule has 0 fully saturated rings.